The average Bonchev–Trinajstić information content (AvgIpc) is 2.83. The molecule has 3 rings (SSSR count). The predicted molar refractivity (Wildman–Crippen MR) is 64.8 cm³/mol. The lowest BCUT2D eigenvalue weighted by Crippen LogP contribution is -2.19. The van der Waals surface area contributed by atoms with Crippen LogP contribution >= 0.6 is 11.3 Å². The molecule has 2 aliphatic rings. The molecule has 0 amide bonds. The van der Waals surface area contributed by atoms with Crippen LogP contribution in [-0.4, -0.2) is 24.2 Å². The fourth-order valence-corrected chi connectivity index (χ4v) is 2.98. The predicted octanol–water partition coefficient (Wildman–Crippen LogP) is 2.29. The van der Waals surface area contributed by atoms with Crippen LogP contribution in [0.3, 0.4) is 0 Å². The summed E-state index contributed by atoms with van der Waals surface area (Å²) in [7, 11) is 0. The molecule has 88 valence electrons. The lowest BCUT2D eigenvalue weighted by atomic mass is 10.2. The molecule has 4 heteroatoms. The fourth-order valence-electron chi connectivity index (χ4n) is 2.05. The van der Waals surface area contributed by atoms with Crippen LogP contribution in [0.25, 0.3) is 0 Å². The van der Waals surface area contributed by atoms with Gasteiger partial charge in [0.1, 0.15) is 11.1 Å². The molecular weight excluding hydrogens is 220 g/mol. The van der Waals surface area contributed by atoms with E-state index in [0.717, 1.165) is 32.0 Å². The standard InChI is InChI=1S/C12H18N2OS/c1-2-11(15-7-1)12-14-10(8-16-12)5-6-13-9-3-4-9/h8-9,11,13H,1-7H2. The largest absolute Gasteiger partial charge is 0.371 e. The Morgan fingerprint density at radius 1 is 1.44 bits per heavy atom. The first-order valence-corrected chi connectivity index (χ1v) is 7.09. The van der Waals surface area contributed by atoms with E-state index >= 15 is 0 Å². The molecule has 1 atom stereocenters. The second-order valence-corrected chi connectivity index (χ2v) is 5.55. The number of nitrogens with zero attached hydrogens (tertiary/aromatic N) is 1. The van der Waals surface area contributed by atoms with Gasteiger partial charge in [0.25, 0.3) is 0 Å². The highest BCUT2D eigenvalue weighted by atomic mass is 32.1. The lowest BCUT2D eigenvalue weighted by molar-refractivity contribution is 0.111. The third kappa shape index (κ3) is 2.62. The highest BCUT2D eigenvalue weighted by Crippen LogP contribution is 2.30. The molecule has 0 aromatic carbocycles. The Bertz CT molecular complexity index is 343. The van der Waals surface area contributed by atoms with Crippen LogP contribution in [0.5, 0.6) is 0 Å². The zero-order chi connectivity index (χ0) is 10.8. The second-order valence-electron chi connectivity index (χ2n) is 4.66. The van der Waals surface area contributed by atoms with Gasteiger partial charge < -0.3 is 10.1 Å². The van der Waals surface area contributed by atoms with Gasteiger partial charge in [-0.15, -0.1) is 11.3 Å². The van der Waals surface area contributed by atoms with Crippen LogP contribution in [0.4, 0.5) is 0 Å². The van der Waals surface area contributed by atoms with Crippen molar-refractivity contribution in [2.45, 2.75) is 44.2 Å². The van der Waals surface area contributed by atoms with Crippen molar-refractivity contribution in [3.05, 3.63) is 16.1 Å². The quantitative estimate of drug-likeness (QED) is 0.854. The molecular formula is C12H18N2OS. The summed E-state index contributed by atoms with van der Waals surface area (Å²) >= 11 is 1.76. The first kappa shape index (κ1) is 10.7. The molecule has 1 saturated carbocycles. The van der Waals surface area contributed by atoms with Crippen molar-refractivity contribution in [3.63, 3.8) is 0 Å². The van der Waals surface area contributed by atoms with Crippen molar-refractivity contribution in [2.75, 3.05) is 13.2 Å². The third-order valence-electron chi connectivity index (χ3n) is 3.17. The van der Waals surface area contributed by atoms with Gasteiger partial charge in [-0.3, -0.25) is 0 Å². The summed E-state index contributed by atoms with van der Waals surface area (Å²) in [4.78, 5) is 4.66. The van der Waals surface area contributed by atoms with Crippen LogP contribution in [0.1, 0.15) is 42.5 Å². The van der Waals surface area contributed by atoms with Gasteiger partial charge in [-0.25, -0.2) is 4.98 Å². The van der Waals surface area contributed by atoms with Gasteiger partial charge >= 0.3 is 0 Å². The summed E-state index contributed by atoms with van der Waals surface area (Å²) in [5.74, 6) is 0. The molecule has 1 N–H and O–H groups in total. The van der Waals surface area contributed by atoms with Crippen molar-refractivity contribution >= 4 is 11.3 Å². The van der Waals surface area contributed by atoms with Crippen LogP contribution in [0.2, 0.25) is 0 Å². The Hall–Kier alpha value is -0.450. The molecule has 16 heavy (non-hydrogen) atoms. The van der Waals surface area contributed by atoms with Gasteiger partial charge in [-0.05, 0) is 25.7 Å². The summed E-state index contributed by atoms with van der Waals surface area (Å²) in [5, 5.41) is 6.88. The van der Waals surface area contributed by atoms with Gasteiger partial charge in [-0.1, -0.05) is 0 Å². The van der Waals surface area contributed by atoms with Crippen LogP contribution < -0.4 is 5.32 Å². The number of aromatic nitrogens is 1. The van der Waals surface area contributed by atoms with Crippen LogP contribution in [0, 0.1) is 0 Å². The minimum absolute atomic E-state index is 0.287. The van der Waals surface area contributed by atoms with Crippen molar-refractivity contribution < 1.29 is 4.74 Å². The Kier molecular flexibility index (Phi) is 3.22. The summed E-state index contributed by atoms with van der Waals surface area (Å²) in [6, 6.07) is 0.802. The molecule has 2 fully saturated rings. The molecule has 1 unspecified atom stereocenters. The van der Waals surface area contributed by atoms with Crippen molar-refractivity contribution in [3.8, 4) is 0 Å². The molecule has 3 nitrogen and oxygen atoms in total. The Morgan fingerprint density at radius 2 is 2.38 bits per heavy atom. The number of thiazole rings is 1. The zero-order valence-corrected chi connectivity index (χ0v) is 10.3. The zero-order valence-electron chi connectivity index (χ0n) is 9.45. The van der Waals surface area contributed by atoms with Crippen molar-refractivity contribution in [1.29, 1.82) is 0 Å². The van der Waals surface area contributed by atoms with E-state index in [1.807, 2.05) is 0 Å². The van der Waals surface area contributed by atoms with Gasteiger partial charge in [-0.2, -0.15) is 0 Å². The number of hydrogen-bond donors (Lipinski definition) is 1. The number of nitrogens with one attached hydrogen (secondary N) is 1. The maximum absolute atomic E-state index is 5.64. The first-order chi connectivity index (χ1) is 7.92. The summed E-state index contributed by atoms with van der Waals surface area (Å²) < 4.78 is 5.64. The molecule has 1 aliphatic heterocycles. The SMILES string of the molecule is c1sc(C2CCCO2)nc1CCNC1CC1. The highest BCUT2D eigenvalue weighted by Gasteiger charge is 2.22. The highest BCUT2D eigenvalue weighted by molar-refractivity contribution is 7.09. The number of ether oxygens (including phenoxy) is 1. The second kappa shape index (κ2) is 4.82. The summed E-state index contributed by atoms with van der Waals surface area (Å²) in [5.41, 5.74) is 1.23. The van der Waals surface area contributed by atoms with Gasteiger partial charge in [0.15, 0.2) is 0 Å². The molecule has 1 aromatic rings. The minimum Gasteiger partial charge on any atom is -0.371 e. The van der Waals surface area contributed by atoms with E-state index < -0.39 is 0 Å². The summed E-state index contributed by atoms with van der Waals surface area (Å²) in [6.45, 7) is 1.97. The fraction of sp³-hybridized carbons (Fsp3) is 0.750. The van der Waals surface area contributed by atoms with E-state index in [9.17, 15) is 0 Å². The summed E-state index contributed by atoms with van der Waals surface area (Å²) in [6.07, 6.45) is 6.39. The van der Waals surface area contributed by atoms with Crippen molar-refractivity contribution in [2.24, 2.45) is 0 Å². The van der Waals surface area contributed by atoms with E-state index in [4.69, 9.17) is 4.74 Å². The molecule has 0 radical (unpaired) electrons. The average molecular weight is 238 g/mol. The van der Waals surface area contributed by atoms with Crippen LogP contribution in [0.15, 0.2) is 5.38 Å². The molecule has 2 heterocycles. The molecule has 1 aliphatic carbocycles. The van der Waals surface area contributed by atoms with E-state index in [0.29, 0.717) is 0 Å². The maximum atomic E-state index is 5.64. The Morgan fingerprint density at radius 3 is 3.12 bits per heavy atom. The topological polar surface area (TPSA) is 34.1 Å². The van der Waals surface area contributed by atoms with E-state index in [1.165, 1.54) is 30.0 Å². The smallest absolute Gasteiger partial charge is 0.122 e. The van der Waals surface area contributed by atoms with E-state index in [1.54, 1.807) is 11.3 Å². The lowest BCUT2D eigenvalue weighted by Gasteiger charge is -2.03. The Labute approximate surface area is 100 Å². The van der Waals surface area contributed by atoms with Gasteiger partial charge in [0.2, 0.25) is 0 Å². The number of hydrogen-bond acceptors (Lipinski definition) is 4. The number of rotatable bonds is 5. The van der Waals surface area contributed by atoms with E-state index in [2.05, 4.69) is 15.7 Å². The van der Waals surface area contributed by atoms with Gasteiger partial charge in [0, 0.05) is 31.0 Å². The van der Waals surface area contributed by atoms with Gasteiger partial charge in [0.05, 0.1) is 5.69 Å². The first-order valence-electron chi connectivity index (χ1n) is 6.21. The molecule has 0 spiro atoms. The normalized spacial score (nSPS) is 25.1. The molecule has 1 saturated heterocycles. The van der Waals surface area contributed by atoms with E-state index in [-0.39, 0.29) is 6.10 Å². The minimum atomic E-state index is 0.287. The maximum Gasteiger partial charge on any atom is 0.122 e. The third-order valence-corrected chi connectivity index (χ3v) is 4.15. The molecule has 0 bridgehead atoms. The van der Waals surface area contributed by atoms with Crippen LogP contribution in [-0.2, 0) is 11.2 Å². The van der Waals surface area contributed by atoms with Crippen molar-refractivity contribution in [1.82, 2.24) is 10.3 Å². The molecule has 1 aromatic heterocycles. The monoisotopic (exact) mass is 238 g/mol. The Balaban J connectivity index is 1.50.